The standard InChI is InChI=1S/C16H18NO.C2H6/c1-17(2,13-14-9-5-3-6-10-14)16(18)15-11-7-4-8-12-15;1-2/h3-12H,13H2,1-2H3;1-2H3/q+1;. The molecule has 0 aliphatic rings. The largest absolute Gasteiger partial charge is 0.345 e. The van der Waals surface area contributed by atoms with Crippen LogP contribution >= 0.6 is 0 Å². The van der Waals surface area contributed by atoms with Crippen molar-refractivity contribution in [3.63, 3.8) is 0 Å². The number of carbonyl (C=O) groups excluding carboxylic acids is 1. The van der Waals surface area contributed by atoms with E-state index in [0.29, 0.717) is 11.0 Å². The molecule has 0 saturated carbocycles. The molecule has 0 aromatic heterocycles. The Hall–Kier alpha value is -1.93. The summed E-state index contributed by atoms with van der Waals surface area (Å²) in [4.78, 5) is 12.4. The van der Waals surface area contributed by atoms with Crippen molar-refractivity contribution < 1.29 is 9.28 Å². The quantitative estimate of drug-likeness (QED) is 0.766. The third kappa shape index (κ3) is 4.32. The minimum absolute atomic E-state index is 0.138. The van der Waals surface area contributed by atoms with E-state index in [1.54, 1.807) is 0 Å². The summed E-state index contributed by atoms with van der Waals surface area (Å²) in [5, 5.41) is 0. The van der Waals surface area contributed by atoms with Gasteiger partial charge in [0.15, 0.2) is 0 Å². The van der Waals surface area contributed by atoms with E-state index in [4.69, 9.17) is 0 Å². The van der Waals surface area contributed by atoms with Gasteiger partial charge in [-0.3, -0.25) is 4.48 Å². The molecule has 1 amide bonds. The van der Waals surface area contributed by atoms with Crippen LogP contribution in [0.25, 0.3) is 0 Å². The van der Waals surface area contributed by atoms with Crippen molar-refractivity contribution in [2.75, 3.05) is 14.1 Å². The second-order valence-corrected chi connectivity index (χ2v) is 5.00. The molecule has 2 heteroatoms. The lowest BCUT2D eigenvalue weighted by Crippen LogP contribution is -2.44. The van der Waals surface area contributed by atoms with Crippen LogP contribution in [0.3, 0.4) is 0 Å². The molecule has 0 bridgehead atoms. The predicted octanol–water partition coefficient (Wildman–Crippen LogP) is 4.13. The lowest BCUT2D eigenvalue weighted by molar-refractivity contribution is -0.821. The highest BCUT2D eigenvalue weighted by Gasteiger charge is 2.27. The molecule has 0 atom stereocenters. The lowest BCUT2D eigenvalue weighted by atomic mass is 10.1. The normalized spacial score (nSPS) is 10.4. The Labute approximate surface area is 122 Å². The molecular formula is C18H24NO+. The summed E-state index contributed by atoms with van der Waals surface area (Å²) in [6.45, 7) is 4.70. The summed E-state index contributed by atoms with van der Waals surface area (Å²) < 4.78 is 0.327. The summed E-state index contributed by atoms with van der Waals surface area (Å²) in [6.07, 6.45) is 0. The number of hydrogen-bond donors (Lipinski definition) is 0. The molecule has 0 aliphatic heterocycles. The van der Waals surface area contributed by atoms with Crippen LogP contribution in [0.15, 0.2) is 60.7 Å². The fourth-order valence-electron chi connectivity index (χ4n) is 2.04. The van der Waals surface area contributed by atoms with Crippen molar-refractivity contribution >= 4 is 5.91 Å². The molecule has 2 aromatic carbocycles. The Bertz CT molecular complexity index is 518. The number of quaternary nitrogens is 1. The molecule has 0 aliphatic carbocycles. The zero-order chi connectivity index (χ0) is 15.0. The van der Waals surface area contributed by atoms with Crippen LogP contribution in [-0.4, -0.2) is 24.5 Å². The first-order valence-corrected chi connectivity index (χ1v) is 7.06. The second kappa shape index (κ2) is 7.61. The number of carbonyl (C=O) groups is 1. The highest BCUT2D eigenvalue weighted by molar-refractivity contribution is 5.88. The zero-order valence-corrected chi connectivity index (χ0v) is 12.8. The summed E-state index contributed by atoms with van der Waals surface area (Å²) in [6, 6.07) is 19.6. The molecular weight excluding hydrogens is 246 g/mol. The van der Waals surface area contributed by atoms with E-state index in [1.165, 1.54) is 5.56 Å². The maximum Gasteiger partial charge on any atom is 0.345 e. The number of hydrogen-bond acceptors (Lipinski definition) is 1. The van der Waals surface area contributed by atoms with Crippen LogP contribution in [0.4, 0.5) is 0 Å². The lowest BCUT2D eigenvalue weighted by Gasteiger charge is -2.26. The van der Waals surface area contributed by atoms with Gasteiger partial charge in [0.1, 0.15) is 6.54 Å². The van der Waals surface area contributed by atoms with Gasteiger partial charge in [0.25, 0.3) is 0 Å². The summed E-state index contributed by atoms with van der Waals surface area (Å²) in [5.41, 5.74) is 1.94. The van der Waals surface area contributed by atoms with Gasteiger partial charge < -0.3 is 0 Å². The van der Waals surface area contributed by atoms with E-state index in [2.05, 4.69) is 12.1 Å². The maximum atomic E-state index is 12.4. The monoisotopic (exact) mass is 270 g/mol. The molecule has 0 spiro atoms. The summed E-state index contributed by atoms with van der Waals surface area (Å²) in [7, 11) is 3.89. The summed E-state index contributed by atoms with van der Waals surface area (Å²) in [5.74, 6) is 0.138. The van der Waals surface area contributed by atoms with Crippen molar-refractivity contribution in [1.82, 2.24) is 0 Å². The van der Waals surface area contributed by atoms with Gasteiger partial charge in [-0.15, -0.1) is 0 Å². The van der Waals surface area contributed by atoms with Crippen LogP contribution in [0.5, 0.6) is 0 Å². The summed E-state index contributed by atoms with van der Waals surface area (Å²) >= 11 is 0. The van der Waals surface area contributed by atoms with Gasteiger partial charge in [0, 0.05) is 5.56 Å². The first-order chi connectivity index (χ1) is 9.59. The third-order valence-corrected chi connectivity index (χ3v) is 2.99. The Kier molecular flexibility index (Phi) is 6.13. The van der Waals surface area contributed by atoms with Crippen LogP contribution < -0.4 is 0 Å². The Morgan fingerprint density at radius 3 is 1.80 bits per heavy atom. The van der Waals surface area contributed by atoms with E-state index >= 15 is 0 Å². The van der Waals surface area contributed by atoms with Crippen molar-refractivity contribution in [1.29, 1.82) is 0 Å². The minimum Gasteiger partial charge on any atom is -0.257 e. The Morgan fingerprint density at radius 2 is 1.30 bits per heavy atom. The molecule has 0 radical (unpaired) electrons. The van der Waals surface area contributed by atoms with Gasteiger partial charge >= 0.3 is 5.91 Å². The third-order valence-electron chi connectivity index (χ3n) is 2.99. The molecule has 0 fully saturated rings. The highest BCUT2D eigenvalue weighted by atomic mass is 16.2. The SMILES string of the molecule is CC.C[N+](C)(Cc1ccccc1)C(=O)c1ccccc1. The van der Waals surface area contributed by atoms with E-state index in [0.717, 1.165) is 5.56 Å². The van der Waals surface area contributed by atoms with Crippen LogP contribution in [0.1, 0.15) is 29.8 Å². The van der Waals surface area contributed by atoms with Crippen molar-refractivity contribution in [3.8, 4) is 0 Å². The topological polar surface area (TPSA) is 17.1 Å². The molecule has 0 unspecified atom stereocenters. The average Bonchev–Trinajstić information content (AvgIpc) is 2.50. The highest BCUT2D eigenvalue weighted by Crippen LogP contribution is 2.14. The first kappa shape index (κ1) is 16.1. The molecule has 20 heavy (non-hydrogen) atoms. The smallest absolute Gasteiger partial charge is 0.257 e. The average molecular weight is 270 g/mol. The predicted molar refractivity (Wildman–Crippen MR) is 84.4 cm³/mol. The van der Waals surface area contributed by atoms with Crippen molar-refractivity contribution in [3.05, 3.63) is 71.8 Å². The minimum atomic E-state index is 0.138. The second-order valence-electron chi connectivity index (χ2n) is 5.00. The molecule has 106 valence electrons. The molecule has 0 N–H and O–H groups in total. The number of benzene rings is 2. The van der Waals surface area contributed by atoms with Crippen LogP contribution in [0, 0.1) is 0 Å². The van der Waals surface area contributed by atoms with Crippen molar-refractivity contribution in [2.24, 2.45) is 0 Å². The van der Waals surface area contributed by atoms with Gasteiger partial charge in [-0.1, -0.05) is 62.4 Å². The molecule has 2 nitrogen and oxygen atoms in total. The Balaban J connectivity index is 0.000000956. The van der Waals surface area contributed by atoms with E-state index in [1.807, 2.05) is 76.5 Å². The number of nitrogens with zero attached hydrogens (tertiary/aromatic N) is 1. The first-order valence-electron chi connectivity index (χ1n) is 7.06. The fraction of sp³-hybridized carbons (Fsp3) is 0.278. The van der Waals surface area contributed by atoms with Gasteiger partial charge in [-0.25, -0.2) is 4.79 Å². The Morgan fingerprint density at radius 1 is 0.850 bits per heavy atom. The van der Waals surface area contributed by atoms with Crippen molar-refractivity contribution in [2.45, 2.75) is 20.4 Å². The van der Waals surface area contributed by atoms with Gasteiger partial charge in [0.05, 0.1) is 19.7 Å². The van der Waals surface area contributed by atoms with Gasteiger partial charge in [0.2, 0.25) is 0 Å². The maximum absolute atomic E-state index is 12.4. The number of rotatable bonds is 3. The number of amides is 1. The fourth-order valence-corrected chi connectivity index (χ4v) is 2.04. The van der Waals surface area contributed by atoms with E-state index in [-0.39, 0.29) is 5.91 Å². The molecule has 2 aromatic rings. The molecule has 0 saturated heterocycles. The van der Waals surface area contributed by atoms with Crippen LogP contribution in [-0.2, 0) is 6.54 Å². The molecule has 2 rings (SSSR count). The zero-order valence-electron chi connectivity index (χ0n) is 12.8. The van der Waals surface area contributed by atoms with Gasteiger partial charge in [-0.05, 0) is 12.1 Å². The molecule has 0 heterocycles. The van der Waals surface area contributed by atoms with E-state index < -0.39 is 0 Å². The van der Waals surface area contributed by atoms with Crippen LogP contribution in [0.2, 0.25) is 0 Å². The van der Waals surface area contributed by atoms with Gasteiger partial charge in [-0.2, -0.15) is 0 Å². The van der Waals surface area contributed by atoms with E-state index in [9.17, 15) is 4.79 Å².